The molecule has 62 valence electrons. The van der Waals surface area contributed by atoms with E-state index in [1.807, 2.05) is 13.8 Å². The molecular weight excluding hydrogens is 151 g/mol. The first-order valence-electron chi connectivity index (χ1n) is 3.87. The van der Waals surface area contributed by atoms with Crippen molar-refractivity contribution in [2.24, 2.45) is 0 Å². The van der Waals surface area contributed by atoms with Gasteiger partial charge in [-0.2, -0.15) is 0 Å². The molecule has 0 N–H and O–H groups in total. The van der Waals surface area contributed by atoms with Crippen LogP contribution in [0.2, 0.25) is 0 Å². The van der Waals surface area contributed by atoms with Crippen molar-refractivity contribution in [3.05, 3.63) is 35.1 Å². The van der Waals surface area contributed by atoms with Gasteiger partial charge in [-0.1, -0.05) is 12.0 Å². The third-order valence-corrected chi connectivity index (χ3v) is 1.95. The Bertz CT molecular complexity index is 320. The summed E-state index contributed by atoms with van der Waals surface area (Å²) in [6, 6.07) is 4.69. The van der Waals surface area contributed by atoms with Gasteiger partial charge in [0.25, 0.3) is 0 Å². The lowest BCUT2D eigenvalue weighted by molar-refractivity contribution is 0.625. The molecular formula is C11H11F. The maximum absolute atomic E-state index is 12.7. The normalized spacial score (nSPS) is 12.2. The lowest BCUT2D eigenvalue weighted by Gasteiger charge is -2.07. The zero-order valence-electron chi connectivity index (χ0n) is 7.26. The van der Waals surface area contributed by atoms with Crippen molar-refractivity contribution in [3.63, 3.8) is 0 Å². The Morgan fingerprint density at radius 1 is 1.50 bits per heavy atom. The molecule has 0 spiro atoms. The molecule has 0 fully saturated rings. The lowest BCUT2D eigenvalue weighted by atomic mass is 9.97. The van der Waals surface area contributed by atoms with E-state index >= 15 is 0 Å². The molecule has 0 amide bonds. The summed E-state index contributed by atoms with van der Waals surface area (Å²) in [6.45, 7) is 3.80. The highest BCUT2D eigenvalue weighted by Gasteiger charge is 2.05. The molecule has 12 heavy (non-hydrogen) atoms. The van der Waals surface area contributed by atoms with Crippen molar-refractivity contribution in [1.82, 2.24) is 0 Å². The Morgan fingerprint density at radius 3 is 2.67 bits per heavy atom. The van der Waals surface area contributed by atoms with E-state index in [2.05, 4.69) is 5.92 Å². The first-order chi connectivity index (χ1) is 5.65. The van der Waals surface area contributed by atoms with Crippen LogP contribution in [0.25, 0.3) is 0 Å². The summed E-state index contributed by atoms with van der Waals surface area (Å²) in [6.07, 6.45) is 5.27. The summed E-state index contributed by atoms with van der Waals surface area (Å²) in [5, 5.41) is 0. The predicted molar refractivity (Wildman–Crippen MR) is 48.4 cm³/mol. The monoisotopic (exact) mass is 162 g/mol. The van der Waals surface area contributed by atoms with E-state index in [4.69, 9.17) is 6.42 Å². The molecule has 0 bridgehead atoms. The maximum atomic E-state index is 12.7. The smallest absolute Gasteiger partial charge is 0.123 e. The van der Waals surface area contributed by atoms with Gasteiger partial charge in [-0.25, -0.2) is 4.39 Å². The van der Waals surface area contributed by atoms with Crippen LogP contribution >= 0.6 is 0 Å². The highest BCUT2D eigenvalue weighted by atomic mass is 19.1. The van der Waals surface area contributed by atoms with Gasteiger partial charge in [-0.05, 0) is 37.1 Å². The zero-order valence-corrected chi connectivity index (χ0v) is 7.26. The highest BCUT2D eigenvalue weighted by Crippen LogP contribution is 2.19. The van der Waals surface area contributed by atoms with Crippen LogP contribution in [0, 0.1) is 25.1 Å². The van der Waals surface area contributed by atoms with Gasteiger partial charge < -0.3 is 0 Å². The second-order valence-corrected chi connectivity index (χ2v) is 2.89. The van der Waals surface area contributed by atoms with E-state index < -0.39 is 0 Å². The summed E-state index contributed by atoms with van der Waals surface area (Å²) >= 11 is 0. The summed E-state index contributed by atoms with van der Waals surface area (Å²) in [4.78, 5) is 0. The second-order valence-electron chi connectivity index (χ2n) is 2.89. The van der Waals surface area contributed by atoms with Gasteiger partial charge in [0.15, 0.2) is 0 Å². The third-order valence-electron chi connectivity index (χ3n) is 1.95. The molecule has 1 aromatic carbocycles. The fraction of sp³-hybridized carbons (Fsp3) is 0.273. The van der Waals surface area contributed by atoms with Crippen molar-refractivity contribution in [2.75, 3.05) is 0 Å². The van der Waals surface area contributed by atoms with Gasteiger partial charge in [0.05, 0.1) is 0 Å². The zero-order chi connectivity index (χ0) is 9.14. The number of hydrogen-bond donors (Lipinski definition) is 0. The summed E-state index contributed by atoms with van der Waals surface area (Å²) < 4.78 is 12.7. The summed E-state index contributed by atoms with van der Waals surface area (Å²) in [7, 11) is 0. The molecule has 1 rings (SSSR count). The van der Waals surface area contributed by atoms with E-state index in [0.717, 1.165) is 11.1 Å². The van der Waals surface area contributed by atoms with Crippen LogP contribution in [0.3, 0.4) is 0 Å². The average molecular weight is 162 g/mol. The van der Waals surface area contributed by atoms with E-state index in [1.54, 1.807) is 6.07 Å². The molecule has 1 unspecified atom stereocenters. The van der Waals surface area contributed by atoms with Crippen LogP contribution in [0.1, 0.15) is 24.0 Å². The van der Waals surface area contributed by atoms with E-state index in [1.165, 1.54) is 12.1 Å². The number of terminal acetylenes is 1. The second kappa shape index (κ2) is 3.40. The molecule has 0 saturated carbocycles. The first kappa shape index (κ1) is 8.80. The molecule has 0 aliphatic heterocycles. The van der Waals surface area contributed by atoms with Crippen molar-refractivity contribution in [2.45, 2.75) is 19.8 Å². The van der Waals surface area contributed by atoms with Gasteiger partial charge in [-0.3, -0.25) is 0 Å². The highest BCUT2D eigenvalue weighted by molar-refractivity contribution is 5.33. The Hall–Kier alpha value is -1.29. The first-order valence-corrected chi connectivity index (χ1v) is 3.87. The molecule has 0 aliphatic carbocycles. The quantitative estimate of drug-likeness (QED) is 0.557. The minimum absolute atomic E-state index is 0.0607. The largest absolute Gasteiger partial charge is 0.207 e. The van der Waals surface area contributed by atoms with Crippen LogP contribution in [-0.2, 0) is 0 Å². The standard InChI is InChI=1S/C11H11F/c1-4-8(2)11-6-5-10(12)7-9(11)3/h1,5-8H,2-3H3. The number of halogens is 1. The fourth-order valence-corrected chi connectivity index (χ4v) is 1.21. The van der Waals surface area contributed by atoms with Crippen LogP contribution in [0.5, 0.6) is 0 Å². The maximum Gasteiger partial charge on any atom is 0.123 e. The summed E-state index contributed by atoms with van der Waals surface area (Å²) in [5.41, 5.74) is 1.94. The molecule has 0 aliphatic rings. The van der Waals surface area contributed by atoms with Gasteiger partial charge >= 0.3 is 0 Å². The Kier molecular flexibility index (Phi) is 2.50. The van der Waals surface area contributed by atoms with Gasteiger partial charge in [0.2, 0.25) is 0 Å². The third kappa shape index (κ3) is 1.65. The van der Waals surface area contributed by atoms with Crippen LogP contribution in [0.4, 0.5) is 4.39 Å². The molecule has 1 atom stereocenters. The molecule has 0 heterocycles. The van der Waals surface area contributed by atoms with Crippen LogP contribution in [0.15, 0.2) is 18.2 Å². The molecule has 1 aromatic rings. The molecule has 0 aromatic heterocycles. The van der Waals surface area contributed by atoms with Crippen molar-refractivity contribution in [1.29, 1.82) is 0 Å². The van der Waals surface area contributed by atoms with Crippen LogP contribution in [-0.4, -0.2) is 0 Å². The SMILES string of the molecule is C#CC(C)c1ccc(F)cc1C. The Labute approximate surface area is 72.4 Å². The van der Waals surface area contributed by atoms with E-state index in [-0.39, 0.29) is 11.7 Å². The van der Waals surface area contributed by atoms with Crippen molar-refractivity contribution < 1.29 is 4.39 Å². The molecule has 0 radical (unpaired) electrons. The Balaban J connectivity index is 3.11. The Morgan fingerprint density at radius 2 is 2.17 bits per heavy atom. The molecule has 1 heteroatoms. The van der Waals surface area contributed by atoms with Crippen LogP contribution < -0.4 is 0 Å². The number of benzene rings is 1. The average Bonchev–Trinajstić information content (AvgIpc) is 2.03. The minimum atomic E-state index is -0.208. The molecule has 0 nitrogen and oxygen atoms in total. The van der Waals surface area contributed by atoms with Gasteiger partial charge in [-0.15, -0.1) is 6.42 Å². The lowest BCUT2D eigenvalue weighted by Crippen LogP contribution is -1.93. The van der Waals surface area contributed by atoms with Gasteiger partial charge in [0.1, 0.15) is 5.82 Å². The minimum Gasteiger partial charge on any atom is -0.207 e. The topological polar surface area (TPSA) is 0 Å². The van der Waals surface area contributed by atoms with Crippen molar-refractivity contribution in [3.8, 4) is 12.3 Å². The number of hydrogen-bond acceptors (Lipinski definition) is 0. The summed E-state index contributed by atoms with van der Waals surface area (Å²) in [5.74, 6) is 2.47. The molecule has 0 saturated heterocycles. The van der Waals surface area contributed by atoms with Crippen molar-refractivity contribution >= 4 is 0 Å². The number of aryl methyl sites for hydroxylation is 1. The fourth-order valence-electron chi connectivity index (χ4n) is 1.21. The van der Waals surface area contributed by atoms with E-state index in [0.29, 0.717) is 0 Å². The van der Waals surface area contributed by atoms with Gasteiger partial charge in [0, 0.05) is 5.92 Å². The predicted octanol–water partition coefficient (Wildman–Crippen LogP) is 2.87. The van der Waals surface area contributed by atoms with E-state index in [9.17, 15) is 4.39 Å². The number of rotatable bonds is 1.